The van der Waals surface area contributed by atoms with Gasteiger partial charge in [-0.15, -0.1) is 0 Å². The van der Waals surface area contributed by atoms with Crippen molar-refractivity contribution in [1.82, 2.24) is 4.90 Å². The van der Waals surface area contributed by atoms with Gasteiger partial charge in [-0.05, 0) is 49.6 Å². The molecule has 2 aromatic carbocycles. The summed E-state index contributed by atoms with van der Waals surface area (Å²) < 4.78 is 10.9. The van der Waals surface area contributed by atoms with E-state index in [-0.39, 0.29) is 11.9 Å². The minimum atomic E-state index is 0.0126. The standard InChI is InChI=1S/C22H28N2O3/c1-4-16-7-9-17(10-8-16)23-22(25)15-24-13-5-6-20(24)19-12-11-18(26-2)14-21(19)27-3/h7-12,14,20H,4-6,13,15H2,1-3H3,(H,23,25)/t20-/m0/s1. The summed E-state index contributed by atoms with van der Waals surface area (Å²) in [6.45, 7) is 3.39. The van der Waals surface area contributed by atoms with E-state index in [2.05, 4.69) is 29.3 Å². The molecule has 1 N–H and O–H groups in total. The third kappa shape index (κ3) is 4.61. The van der Waals surface area contributed by atoms with Gasteiger partial charge in [-0.2, -0.15) is 0 Å². The molecule has 0 aromatic heterocycles. The number of nitrogens with one attached hydrogen (secondary N) is 1. The Morgan fingerprint density at radius 2 is 1.93 bits per heavy atom. The second-order valence-electron chi connectivity index (χ2n) is 6.84. The van der Waals surface area contributed by atoms with Crippen LogP contribution in [-0.4, -0.2) is 38.1 Å². The molecule has 1 aliphatic heterocycles. The quantitative estimate of drug-likeness (QED) is 0.801. The van der Waals surface area contributed by atoms with Gasteiger partial charge in [0.25, 0.3) is 0 Å². The number of nitrogens with zero attached hydrogens (tertiary/aromatic N) is 1. The van der Waals surface area contributed by atoms with Gasteiger partial charge >= 0.3 is 0 Å². The fraction of sp³-hybridized carbons (Fsp3) is 0.409. The molecule has 1 aliphatic rings. The molecule has 0 spiro atoms. The molecule has 2 aromatic rings. The molecule has 1 fully saturated rings. The lowest BCUT2D eigenvalue weighted by molar-refractivity contribution is -0.117. The highest BCUT2D eigenvalue weighted by atomic mass is 16.5. The van der Waals surface area contributed by atoms with Crippen molar-refractivity contribution in [2.24, 2.45) is 0 Å². The Morgan fingerprint density at radius 1 is 1.15 bits per heavy atom. The average Bonchev–Trinajstić information content (AvgIpc) is 3.15. The largest absolute Gasteiger partial charge is 0.497 e. The number of ether oxygens (including phenoxy) is 2. The van der Waals surface area contributed by atoms with Gasteiger partial charge in [-0.3, -0.25) is 9.69 Å². The number of methoxy groups -OCH3 is 2. The molecule has 0 unspecified atom stereocenters. The summed E-state index contributed by atoms with van der Waals surface area (Å²) in [4.78, 5) is 14.8. The van der Waals surface area contributed by atoms with Gasteiger partial charge in [0.2, 0.25) is 5.91 Å². The first-order valence-corrected chi connectivity index (χ1v) is 9.49. The second-order valence-corrected chi connectivity index (χ2v) is 6.84. The van der Waals surface area contributed by atoms with Crippen LogP contribution in [0.2, 0.25) is 0 Å². The van der Waals surface area contributed by atoms with E-state index in [1.54, 1.807) is 14.2 Å². The fourth-order valence-electron chi connectivity index (χ4n) is 3.67. The van der Waals surface area contributed by atoms with Crippen LogP contribution in [-0.2, 0) is 11.2 Å². The third-order valence-electron chi connectivity index (χ3n) is 5.16. The molecular formula is C22H28N2O3. The van der Waals surface area contributed by atoms with Crippen LogP contribution in [0.25, 0.3) is 0 Å². The van der Waals surface area contributed by atoms with E-state index >= 15 is 0 Å². The molecular weight excluding hydrogens is 340 g/mol. The summed E-state index contributed by atoms with van der Waals surface area (Å²) in [6.07, 6.45) is 3.08. The van der Waals surface area contributed by atoms with Crippen LogP contribution < -0.4 is 14.8 Å². The summed E-state index contributed by atoms with van der Waals surface area (Å²) >= 11 is 0. The first-order chi connectivity index (χ1) is 13.1. The second kappa shape index (κ2) is 8.91. The van der Waals surface area contributed by atoms with Gasteiger partial charge in [-0.25, -0.2) is 0 Å². The van der Waals surface area contributed by atoms with E-state index in [4.69, 9.17) is 9.47 Å². The molecule has 0 bridgehead atoms. The Bertz CT molecular complexity index is 774. The lowest BCUT2D eigenvalue weighted by atomic mass is 10.0. The van der Waals surface area contributed by atoms with E-state index in [1.807, 2.05) is 30.3 Å². The molecule has 0 saturated carbocycles. The van der Waals surface area contributed by atoms with E-state index in [1.165, 1.54) is 5.56 Å². The monoisotopic (exact) mass is 368 g/mol. The number of carbonyl (C=O) groups excluding carboxylic acids is 1. The Hall–Kier alpha value is -2.53. The SMILES string of the molecule is CCc1ccc(NC(=O)CN2CCC[C@H]2c2ccc(OC)cc2OC)cc1. The van der Waals surface area contributed by atoms with E-state index in [0.717, 1.165) is 48.6 Å². The zero-order valence-corrected chi connectivity index (χ0v) is 16.3. The zero-order chi connectivity index (χ0) is 19.2. The normalized spacial score (nSPS) is 16.9. The molecule has 5 heteroatoms. The summed E-state index contributed by atoms with van der Waals surface area (Å²) in [5, 5.41) is 3.01. The lowest BCUT2D eigenvalue weighted by Gasteiger charge is -2.26. The summed E-state index contributed by atoms with van der Waals surface area (Å²) in [5.74, 6) is 1.59. The van der Waals surface area contributed by atoms with Crippen molar-refractivity contribution in [3.63, 3.8) is 0 Å². The van der Waals surface area contributed by atoms with Crippen molar-refractivity contribution >= 4 is 11.6 Å². The molecule has 0 aliphatic carbocycles. The fourth-order valence-corrected chi connectivity index (χ4v) is 3.67. The van der Waals surface area contributed by atoms with Crippen LogP contribution in [0, 0.1) is 0 Å². The average molecular weight is 368 g/mol. The highest BCUT2D eigenvalue weighted by Gasteiger charge is 2.29. The minimum absolute atomic E-state index is 0.0126. The molecule has 1 saturated heterocycles. The van der Waals surface area contributed by atoms with Gasteiger partial charge in [0, 0.05) is 23.4 Å². The minimum Gasteiger partial charge on any atom is -0.497 e. The van der Waals surface area contributed by atoms with E-state index in [9.17, 15) is 4.79 Å². The molecule has 27 heavy (non-hydrogen) atoms. The topological polar surface area (TPSA) is 50.8 Å². The molecule has 1 heterocycles. The number of amides is 1. The Morgan fingerprint density at radius 3 is 2.59 bits per heavy atom. The predicted octanol–water partition coefficient (Wildman–Crippen LogP) is 4.04. The number of hydrogen-bond acceptors (Lipinski definition) is 4. The molecule has 144 valence electrons. The van der Waals surface area contributed by atoms with Gasteiger partial charge in [0.15, 0.2) is 0 Å². The van der Waals surface area contributed by atoms with Crippen molar-refractivity contribution in [2.45, 2.75) is 32.2 Å². The zero-order valence-electron chi connectivity index (χ0n) is 16.3. The van der Waals surface area contributed by atoms with Gasteiger partial charge < -0.3 is 14.8 Å². The maximum Gasteiger partial charge on any atom is 0.238 e. The molecule has 1 atom stereocenters. The van der Waals surface area contributed by atoms with Crippen LogP contribution in [0.1, 0.15) is 36.9 Å². The maximum absolute atomic E-state index is 12.6. The smallest absolute Gasteiger partial charge is 0.238 e. The van der Waals surface area contributed by atoms with Crippen molar-refractivity contribution in [2.75, 3.05) is 32.6 Å². The number of carbonyl (C=O) groups is 1. The van der Waals surface area contributed by atoms with Gasteiger partial charge in [0.1, 0.15) is 11.5 Å². The first kappa shape index (κ1) is 19.2. The summed E-state index contributed by atoms with van der Waals surface area (Å²) in [5.41, 5.74) is 3.21. The number of aryl methyl sites for hydroxylation is 1. The van der Waals surface area contributed by atoms with Crippen molar-refractivity contribution in [3.05, 3.63) is 53.6 Å². The Kier molecular flexibility index (Phi) is 6.35. The maximum atomic E-state index is 12.6. The molecule has 0 radical (unpaired) electrons. The third-order valence-corrected chi connectivity index (χ3v) is 5.16. The van der Waals surface area contributed by atoms with E-state index < -0.39 is 0 Å². The van der Waals surface area contributed by atoms with Crippen molar-refractivity contribution < 1.29 is 14.3 Å². The van der Waals surface area contributed by atoms with Crippen molar-refractivity contribution in [3.8, 4) is 11.5 Å². The number of hydrogen-bond donors (Lipinski definition) is 1. The Balaban J connectivity index is 1.68. The molecule has 3 rings (SSSR count). The highest BCUT2D eigenvalue weighted by Crippen LogP contribution is 2.38. The predicted molar refractivity (Wildman–Crippen MR) is 108 cm³/mol. The van der Waals surface area contributed by atoms with Crippen LogP contribution in [0.5, 0.6) is 11.5 Å². The van der Waals surface area contributed by atoms with Crippen LogP contribution in [0.3, 0.4) is 0 Å². The number of anilines is 1. The lowest BCUT2D eigenvalue weighted by Crippen LogP contribution is -2.33. The summed E-state index contributed by atoms with van der Waals surface area (Å²) in [7, 11) is 3.32. The van der Waals surface area contributed by atoms with Crippen LogP contribution >= 0.6 is 0 Å². The molecule has 5 nitrogen and oxygen atoms in total. The highest BCUT2D eigenvalue weighted by molar-refractivity contribution is 5.92. The number of rotatable bonds is 7. The molecule has 1 amide bonds. The van der Waals surface area contributed by atoms with Gasteiger partial charge in [0.05, 0.1) is 20.8 Å². The first-order valence-electron chi connectivity index (χ1n) is 9.49. The van der Waals surface area contributed by atoms with Crippen molar-refractivity contribution in [1.29, 1.82) is 0 Å². The van der Waals surface area contributed by atoms with Gasteiger partial charge in [-0.1, -0.05) is 25.1 Å². The van der Waals surface area contributed by atoms with Crippen LogP contribution in [0.15, 0.2) is 42.5 Å². The summed E-state index contributed by atoms with van der Waals surface area (Å²) in [6, 6.07) is 14.1. The van der Waals surface area contributed by atoms with E-state index in [0.29, 0.717) is 6.54 Å². The number of benzene rings is 2. The van der Waals surface area contributed by atoms with Crippen LogP contribution in [0.4, 0.5) is 5.69 Å². The number of likely N-dealkylation sites (tertiary alicyclic amines) is 1. The Labute approximate surface area is 161 Å².